The Morgan fingerprint density at radius 2 is 1.77 bits per heavy atom. The monoisotopic (exact) mass is 298 g/mol. The third-order valence-electron chi connectivity index (χ3n) is 2.93. The van der Waals surface area contributed by atoms with Crippen LogP contribution in [0, 0.1) is 0 Å². The third kappa shape index (κ3) is 4.63. The van der Waals surface area contributed by atoms with Gasteiger partial charge in [-0.05, 0) is 48.9 Å². The molecule has 5 heteroatoms. The van der Waals surface area contributed by atoms with Gasteiger partial charge in [-0.25, -0.2) is 5.43 Å². The van der Waals surface area contributed by atoms with Gasteiger partial charge in [-0.15, -0.1) is 0 Å². The van der Waals surface area contributed by atoms with Gasteiger partial charge in [-0.3, -0.25) is 4.79 Å². The van der Waals surface area contributed by atoms with E-state index in [2.05, 4.69) is 10.5 Å². The molecule has 0 aliphatic carbocycles. The summed E-state index contributed by atoms with van der Waals surface area (Å²) in [5.41, 5.74) is 3.31. The molecular formula is C17H18N2O3. The van der Waals surface area contributed by atoms with E-state index < -0.39 is 6.10 Å². The van der Waals surface area contributed by atoms with Crippen molar-refractivity contribution in [1.82, 2.24) is 5.43 Å². The highest BCUT2D eigenvalue weighted by molar-refractivity contribution is 5.84. The second-order valence-electron chi connectivity index (χ2n) is 4.58. The first-order chi connectivity index (χ1) is 10.7. The van der Waals surface area contributed by atoms with E-state index in [0.717, 1.165) is 11.3 Å². The molecule has 1 amide bonds. The van der Waals surface area contributed by atoms with Crippen molar-refractivity contribution in [3.05, 3.63) is 60.2 Å². The van der Waals surface area contributed by atoms with Crippen LogP contribution in [0.25, 0.3) is 0 Å². The Balaban J connectivity index is 1.84. The lowest BCUT2D eigenvalue weighted by atomic mass is 10.2. The normalized spacial score (nSPS) is 11.9. The van der Waals surface area contributed by atoms with Gasteiger partial charge in [0.15, 0.2) is 6.10 Å². The number of methoxy groups -OCH3 is 1. The summed E-state index contributed by atoms with van der Waals surface area (Å²) in [6.07, 6.45) is 0.933. The highest BCUT2D eigenvalue weighted by atomic mass is 16.5. The standard InChI is InChI=1S/C17H18N2O3/c1-13(22-16-6-4-3-5-7-16)17(20)19-18-12-14-8-10-15(21-2)11-9-14/h3-13H,1-2H3,(H,19,20)/b18-12+/t13-/m1/s1. The molecule has 0 fully saturated rings. The van der Waals surface area contributed by atoms with Crippen LogP contribution in [0.5, 0.6) is 11.5 Å². The van der Waals surface area contributed by atoms with Gasteiger partial charge in [-0.1, -0.05) is 18.2 Å². The van der Waals surface area contributed by atoms with Crippen LogP contribution in [0.2, 0.25) is 0 Å². The fourth-order valence-corrected chi connectivity index (χ4v) is 1.71. The van der Waals surface area contributed by atoms with Gasteiger partial charge in [0.05, 0.1) is 13.3 Å². The van der Waals surface area contributed by atoms with Crippen molar-refractivity contribution in [2.24, 2.45) is 5.10 Å². The van der Waals surface area contributed by atoms with Crippen molar-refractivity contribution in [3.63, 3.8) is 0 Å². The van der Waals surface area contributed by atoms with Gasteiger partial charge in [-0.2, -0.15) is 5.10 Å². The largest absolute Gasteiger partial charge is 0.497 e. The average Bonchev–Trinajstić information content (AvgIpc) is 2.56. The van der Waals surface area contributed by atoms with E-state index in [4.69, 9.17) is 9.47 Å². The molecule has 0 saturated heterocycles. The zero-order chi connectivity index (χ0) is 15.8. The minimum absolute atomic E-state index is 0.311. The summed E-state index contributed by atoms with van der Waals surface area (Å²) in [5.74, 6) is 1.10. The summed E-state index contributed by atoms with van der Waals surface area (Å²) in [6.45, 7) is 1.67. The Bertz CT molecular complexity index is 624. The molecule has 1 atom stereocenters. The number of hydrogen-bond acceptors (Lipinski definition) is 4. The van der Waals surface area contributed by atoms with Crippen molar-refractivity contribution in [2.75, 3.05) is 7.11 Å². The first-order valence-electron chi connectivity index (χ1n) is 6.87. The maximum absolute atomic E-state index is 11.9. The van der Waals surface area contributed by atoms with E-state index in [9.17, 15) is 4.79 Å². The fourth-order valence-electron chi connectivity index (χ4n) is 1.71. The van der Waals surface area contributed by atoms with Crippen LogP contribution in [-0.2, 0) is 4.79 Å². The first-order valence-corrected chi connectivity index (χ1v) is 6.87. The van der Waals surface area contributed by atoms with Crippen LogP contribution in [0.3, 0.4) is 0 Å². The van der Waals surface area contributed by atoms with Crippen LogP contribution >= 0.6 is 0 Å². The van der Waals surface area contributed by atoms with E-state index >= 15 is 0 Å². The van der Waals surface area contributed by atoms with Gasteiger partial charge in [0.1, 0.15) is 11.5 Å². The van der Waals surface area contributed by atoms with E-state index in [1.54, 1.807) is 32.4 Å². The number of hydrogen-bond donors (Lipinski definition) is 1. The number of carbonyl (C=O) groups is 1. The minimum Gasteiger partial charge on any atom is -0.497 e. The molecule has 0 aromatic heterocycles. The quantitative estimate of drug-likeness (QED) is 0.659. The lowest BCUT2D eigenvalue weighted by Crippen LogP contribution is -2.33. The molecule has 22 heavy (non-hydrogen) atoms. The van der Waals surface area contributed by atoms with Crippen LogP contribution in [0.4, 0.5) is 0 Å². The Morgan fingerprint density at radius 1 is 1.09 bits per heavy atom. The predicted octanol–water partition coefficient (Wildman–Crippen LogP) is 2.61. The SMILES string of the molecule is COc1ccc(/C=N/NC(=O)[C@@H](C)Oc2ccccc2)cc1. The Labute approximate surface area is 129 Å². The zero-order valence-corrected chi connectivity index (χ0v) is 12.5. The van der Waals surface area contributed by atoms with Crippen molar-refractivity contribution in [1.29, 1.82) is 0 Å². The molecule has 2 aromatic rings. The Morgan fingerprint density at radius 3 is 2.41 bits per heavy atom. The summed E-state index contributed by atoms with van der Waals surface area (Å²) in [7, 11) is 1.61. The number of carbonyl (C=O) groups excluding carboxylic acids is 1. The molecule has 0 spiro atoms. The Kier molecular flexibility index (Phi) is 5.54. The highest BCUT2D eigenvalue weighted by Gasteiger charge is 2.13. The minimum atomic E-state index is -0.629. The van der Waals surface area contributed by atoms with E-state index in [1.807, 2.05) is 42.5 Å². The molecule has 2 aromatic carbocycles. The number of rotatable bonds is 6. The maximum atomic E-state index is 11.9. The smallest absolute Gasteiger partial charge is 0.280 e. The van der Waals surface area contributed by atoms with E-state index in [1.165, 1.54) is 0 Å². The average molecular weight is 298 g/mol. The molecular weight excluding hydrogens is 280 g/mol. The molecule has 0 aliphatic rings. The van der Waals surface area contributed by atoms with Crippen molar-refractivity contribution in [2.45, 2.75) is 13.0 Å². The molecule has 2 rings (SSSR count). The summed E-state index contributed by atoms with van der Waals surface area (Å²) in [4.78, 5) is 11.9. The van der Waals surface area contributed by atoms with Crippen molar-refractivity contribution in [3.8, 4) is 11.5 Å². The predicted molar refractivity (Wildman–Crippen MR) is 85.3 cm³/mol. The van der Waals surface area contributed by atoms with Gasteiger partial charge < -0.3 is 9.47 Å². The van der Waals surface area contributed by atoms with E-state index in [0.29, 0.717) is 5.75 Å². The molecule has 5 nitrogen and oxygen atoms in total. The number of nitrogens with one attached hydrogen (secondary N) is 1. The second-order valence-corrected chi connectivity index (χ2v) is 4.58. The molecule has 0 saturated carbocycles. The number of para-hydroxylation sites is 1. The van der Waals surface area contributed by atoms with Crippen molar-refractivity contribution < 1.29 is 14.3 Å². The third-order valence-corrected chi connectivity index (χ3v) is 2.93. The summed E-state index contributed by atoms with van der Waals surface area (Å²) in [6, 6.07) is 16.5. The topological polar surface area (TPSA) is 59.9 Å². The van der Waals surface area contributed by atoms with Crippen LogP contribution in [0.1, 0.15) is 12.5 Å². The molecule has 0 unspecified atom stereocenters. The van der Waals surface area contributed by atoms with E-state index in [-0.39, 0.29) is 5.91 Å². The van der Waals surface area contributed by atoms with Gasteiger partial charge in [0, 0.05) is 0 Å². The van der Waals surface area contributed by atoms with Crippen LogP contribution < -0.4 is 14.9 Å². The van der Waals surface area contributed by atoms with Crippen LogP contribution in [-0.4, -0.2) is 25.3 Å². The Hall–Kier alpha value is -2.82. The molecule has 1 N–H and O–H groups in total. The lowest BCUT2D eigenvalue weighted by Gasteiger charge is -2.12. The van der Waals surface area contributed by atoms with Gasteiger partial charge in [0.25, 0.3) is 5.91 Å². The summed E-state index contributed by atoms with van der Waals surface area (Å²) < 4.78 is 10.6. The van der Waals surface area contributed by atoms with Crippen LogP contribution in [0.15, 0.2) is 59.7 Å². The number of ether oxygens (including phenoxy) is 2. The number of benzene rings is 2. The van der Waals surface area contributed by atoms with Crippen molar-refractivity contribution >= 4 is 12.1 Å². The highest BCUT2D eigenvalue weighted by Crippen LogP contribution is 2.11. The molecule has 0 radical (unpaired) electrons. The number of amides is 1. The van der Waals surface area contributed by atoms with Gasteiger partial charge >= 0.3 is 0 Å². The maximum Gasteiger partial charge on any atom is 0.280 e. The molecule has 0 heterocycles. The number of hydrazone groups is 1. The zero-order valence-electron chi connectivity index (χ0n) is 12.5. The summed E-state index contributed by atoms with van der Waals surface area (Å²) in [5, 5.41) is 3.91. The fraction of sp³-hybridized carbons (Fsp3) is 0.176. The first kappa shape index (κ1) is 15.6. The molecule has 114 valence electrons. The second kappa shape index (κ2) is 7.83. The number of nitrogens with zero attached hydrogens (tertiary/aromatic N) is 1. The molecule has 0 aliphatic heterocycles. The summed E-state index contributed by atoms with van der Waals surface area (Å²) >= 11 is 0. The lowest BCUT2D eigenvalue weighted by molar-refractivity contribution is -0.127. The van der Waals surface area contributed by atoms with Gasteiger partial charge in [0.2, 0.25) is 0 Å². The molecule has 0 bridgehead atoms.